The predicted molar refractivity (Wildman–Crippen MR) is 121 cm³/mol. The van der Waals surface area contributed by atoms with Gasteiger partial charge in [0.05, 0.1) is 23.2 Å². The van der Waals surface area contributed by atoms with Crippen LogP contribution in [-0.4, -0.2) is 51.2 Å². The Bertz CT molecular complexity index is 1060. The van der Waals surface area contributed by atoms with Crippen LogP contribution in [0.3, 0.4) is 0 Å². The number of hydrogen-bond donors (Lipinski definition) is 4. The predicted octanol–water partition coefficient (Wildman–Crippen LogP) is 3.56. The molecule has 2 aromatic rings. The zero-order chi connectivity index (χ0) is 21.8. The van der Waals surface area contributed by atoms with Gasteiger partial charge in [-0.15, -0.1) is 22.7 Å². The normalized spacial score (nSPS) is 17.0. The Kier molecular flexibility index (Phi) is 6.50. The molecule has 0 aromatic carbocycles. The van der Waals surface area contributed by atoms with Gasteiger partial charge in [0, 0.05) is 18.5 Å². The monoisotopic (exact) mass is 458 g/mol. The number of amides is 1. The molecule has 2 aromatic heterocycles. The Morgan fingerprint density at radius 1 is 1.16 bits per heavy atom. The van der Waals surface area contributed by atoms with Crippen LogP contribution in [-0.2, 0) is 0 Å². The first-order valence-electron chi connectivity index (χ1n) is 9.86. The summed E-state index contributed by atoms with van der Waals surface area (Å²) in [6.45, 7) is 1.46. The van der Waals surface area contributed by atoms with Crippen LogP contribution in [0.15, 0.2) is 52.5 Å². The molecule has 0 saturated carbocycles. The lowest BCUT2D eigenvalue weighted by molar-refractivity contribution is 0.0702. The summed E-state index contributed by atoms with van der Waals surface area (Å²) in [5, 5.41) is 28.7. The molecule has 4 N–H and O–H groups in total. The van der Waals surface area contributed by atoms with Crippen molar-refractivity contribution < 1.29 is 19.8 Å². The van der Waals surface area contributed by atoms with E-state index < -0.39 is 5.97 Å². The number of nitrogens with zero attached hydrogens (tertiary/aromatic N) is 2. The number of aromatic nitrogens is 1. The number of anilines is 2. The highest BCUT2D eigenvalue weighted by atomic mass is 32.1. The van der Waals surface area contributed by atoms with Crippen molar-refractivity contribution in [1.29, 1.82) is 0 Å². The number of carboxylic acids is 1. The maximum atomic E-state index is 12.9. The Morgan fingerprint density at radius 2 is 1.94 bits per heavy atom. The molecule has 0 atom stereocenters. The minimum atomic E-state index is -1.01. The topological polar surface area (TPSA) is 115 Å². The fourth-order valence-corrected chi connectivity index (χ4v) is 4.81. The molecular formula is C21H22N4O4S2. The first-order valence-corrected chi connectivity index (χ1v) is 11.6. The van der Waals surface area contributed by atoms with E-state index in [9.17, 15) is 19.8 Å². The Hall–Kier alpha value is -2.95. The molecule has 0 spiro atoms. The Morgan fingerprint density at radius 3 is 2.71 bits per heavy atom. The summed E-state index contributed by atoms with van der Waals surface area (Å²) < 4.78 is 0. The third kappa shape index (κ3) is 5.04. The van der Waals surface area contributed by atoms with E-state index in [1.54, 1.807) is 16.8 Å². The third-order valence-corrected chi connectivity index (χ3v) is 6.66. The van der Waals surface area contributed by atoms with Gasteiger partial charge in [-0.1, -0.05) is 12.2 Å². The number of carboxylic acid groups (broad SMARTS) is 1. The molecule has 1 fully saturated rings. The van der Waals surface area contributed by atoms with Gasteiger partial charge in [0.15, 0.2) is 5.13 Å². The lowest BCUT2D eigenvalue weighted by Crippen LogP contribution is -2.37. The quantitative estimate of drug-likeness (QED) is 0.523. The molecule has 10 heteroatoms. The van der Waals surface area contributed by atoms with Gasteiger partial charge >= 0.3 is 5.97 Å². The number of hydrogen-bond acceptors (Lipinski definition) is 8. The number of rotatable bonds is 6. The highest BCUT2D eigenvalue weighted by Gasteiger charge is 2.22. The molecule has 1 aliphatic heterocycles. The van der Waals surface area contributed by atoms with Crippen molar-refractivity contribution in [2.75, 3.05) is 18.4 Å². The molecule has 1 amide bonds. The van der Waals surface area contributed by atoms with Gasteiger partial charge in [-0.05, 0) is 42.9 Å². The summed E-state index contributed by atoms with van der Waals surface area (Å²) in [4.78, 5) is 30.8. The van der Waals surface area contributed by atoms with Crippen LogP contribution in [0.4, 0.5) is 10.8 Å². The number of carbonyl (C=O) groups excluding carboxylic acids is 1. The van der Waals surface area contributed by atoms with Crippen LogP contribution in [0.2, 0.25) is 0 Å². The standard InChI is InChI=1S/C21H22N4O4S2/c26-13-6-9-25(10-7-13)17-5-3-1-2-4-14(17)22-19(27)16-12-31-21(24-16)23-15-8-11-30-18(15)20(28)29/h2-5,8,11-13,26H,1,6-7,9-10H2,(H,22,27)(H,23,24)(H,28,29). The number of aliphatic hydroxyl groups excluding tert-OH is 1. The van der Waals surface area contributed by atoms with E-state index in [1.807, 2.05) is 24.3 Å². The van der Waals surface area contributed by atoms with Gasteiger partial charge in [-0.25, -0.2) is 9.78 Å². The average Bonchev–Trinajstić information content (AvgIpc) is 3.35. The first-order chi connectivity index (χ1) is 15.0. The minimum absolute atomic E-state index is 0.193. The molecule has 31 heavy (non-hydrogen) atoms. The van der Waals surface area contributed by atoms with E-state index >= 15 is 0 Å². The van der Waals surface area contributed by atoms with Crippen LogP contribution < -0.4 is 10.6 Å². The van der Waals surface area contributed by atoms with Crippen LogP contribution in [0.1, 0.15) is 39.4 Å². The summed E-state index contributed by atoms with van der Waals surface area (Å²) in [7, 11) is 0. The van der Waals surface area contributed by atoms with Crippen molar-refractivity contribution in [3.8, 4) is 0 Å². The molecule has 1 aliphatic carbocycles. The van der Waals surface area contributed by atoms with Crippen molar-refractivity contribution in [2.24, 2.45) is 0 Å². The van der Waals surface area contributed by atoms with Crippen molar-refractivity contribution in [2.45, 2.75) is 25.4 Å². The fraction of sp³-hybridized carbons (Fsp3) is 0.286. The van der Waals surface area contributed by atoms with Gasteiger partial charge in [-0.3, -0.25) is 4.79 Å². The third-order valence-electron chi connectivity index (χ3n) is 5.00. The van der Waals surface area contributed by atoms with E-state index in [-0.39, 0.29) is 22.6 Å². The molecule has 1 saturated heterocycles. The number of aliphatic hydroxyl groups is 1. The summed E-state index contributed by atoms with van der Waals surface area (Å²) in [6, 6.07) is 1.67. The largest absolute Gasteiger partial charge is 0.477 e. The highest BCUT2D eigenvalue weighted by molar-refractivity contribution is 7.14. The Labute approximate surface area is 187 Å². The number of carbonyl (C=O) groups is 2. The minimum Gasteiger partial charge on any atom is -0.477 e. The summed E-state index contributed by atoms with van der Waals surface area (Å²) >= 11 is 2.36. The molecule has 162 valence electrons. The van der Waals surface area contributed by atoms with Crippen molar-refractivity contribution in [1.82, 2.24) is 15.2 Å². The van der Waals surface area contributed by atoms with E-state index in [0.717, 1.165) is 36.5 Å². The molecular weight excluding hydrogens is 436 g/mol. The van der Waals surface area contributed by atoms with Gasteiger partial charge in [0.1, 0.15) is 10.6 Å². The van der Waals surface area contributed by atoms with E-state index in [1.165, 1.54) is 11.3 Å². The Balaban J connectivity index is 1.49. The average molecular weight is 459 g/mol. The van der Waals surface area contributed by atoms with Crippen LogP contribution >= 0.6 is 22.7 Å². The summed E-state index contributed by atoms with van der Waals surface area (Å²) in [5.41, 5.74) is 2.32. The molecule has 0 bridgehead atoms. The smallest absolute Gasteiger partial charge is 0.348 e. The number of aromatic carboxylic acids is 1. The second-order valence-corrected chi connectivity index (χ2v) is 8.92. The van der Waals surface area contributed by atoms with Crippen molar-refractivity contribution in [3.05, 3.63) is 63.1 Å². The first kappa shape index (κ1) is 21.3. The van der Waals surface area contributed by atoms with E-state index in [0.29, 0.717) is 29.4 Å². The lowest BCUT2D eigenvalue weighted by Gasteiger charge is -2.33. The molecule has 2 aliphatic rings. The number of thiazole rings is 1. The second kappa shape index (κ2) is 9.46. The van der Waals surface area contributed by atoms with E-state index in [4.69, 9.17) is 0 Å². The van der Waals surface area contributed by atoms with Gasteiger partial charge in [-0.2, -0.15) is 0 Å². The number of nitrogens with one attached hydrogen (secondary N) is 2. The SMILES string of the molecule is O=C(NC1=C(N2CCC(O)CC2)C=CCC=C1)c1csc(Nc2ccsc2C(=O)O)n1. The lowest BCUT2D eigenvalue weighted by atomic mass is 10.1. The van der Waals surface area contributed by atoms with Crippen molar-refractivity contribution in [3.63, 3.8) is 0 Å². The zero-order valence-corrected chi connectivity index (χ0v) is 18.2. The molecule has 0 unspecified atom stereocenters. The molecule has 3 heterocycles. The van der Waals surface area contributed by atoms with Crippen LogP contribution in [0.25, 0.3) is 0 Å². The highest BCUT2D eigenvalue weighted by Crippen LogP contribution is 2.28. The van der Waals surface area contributed by atoms with Gasteiger partial charge in [0.25, 0.3) is 5.91 Å². The molecule has 4 rings (SSSR count). The van der Waals surface area contributed by atoms with E-state index in [2.05, 4.69) is 20.5 Å². The number of allylic oxidation sites excluding steroid dienone is 4. The van der Waals surface area contributed by atoms with Crippen LogP contribution in [0.5, 0.6) is 0 Å². The zero-order valence-electron chi connectivity index (χ0n) is 16.6. The van der Waals surface area contributed by atoms with Crippen molar-refractivity contribution >= 4 is 45.4 Å². The van der Waals surface area contributed by atoms with Gasteiger partial charge < -0.3 is 25.7 Å². The number of likely N-dealkylation sites (tertiary alicyclic amines) is 1. The van der Waals surface area contributed by atoms with Crippen LogP contribution in [0, 0.1) is 0 Å². The maximum absolute atomic E-state index is 12.9. The summed E-state index contributed by atoms with van der Waals surface area (Å²) in [5.74, 6) is -1.34. The van der Waals surface area contributed by atoms with Gasteiger partial charge in [0.2, 0.25) is 0 Å². The maximum Gasteiger partial charge on any atom is 0.348 e. The number of piperidine rings is 1. The fourth-order valence-electron chi connectivity index (χ4n) is 3.42. The molecule has 0 radical (unpaired) electrons. The summed E-state index contributed by atoms with van der Waals surface area (Å²) in [6.07, 6.45) is 9.83. The molecule has 8 nitrogen and oxygen atoms in total. The number of thiophene rings is 1. The second-order valence-electron chi connectivity index (χ2n) is 7.14.